The van der Waals surface area contributed by atoms with Crippen LogP contribution in [0.25, 0.3) is 0 Å². The van der Waals surface area contributed by atoms with Gasteiger partial charge in [-0.3, -0.25) is 0 Å². The quantitative estimate of drug-likeness (QED) is 0.654. The fourth-order valence-corrected chi connectivity index (χ4v) is 1.07. The molecule has 0 aromatic carbocycles. The lowest BCUT2D eigenvalue weighted by molar-refractivity contribution is -0.181. The Morgan fingerprint density at radius 2 is 1.83 bits per heavy atom. The number of carbonyl (C=O) groups is 1. The zero-order chi connectivity index (χ0) is 9.94. The summed E-state index contributed by atoms with van der Waals surface area (Å²) >= 11 is 0. The van der Waals surface area contributed by atoms with Gasteiger partial charge in [0.05, 0.1) is 6.10 Å². The highest BCUT2D eigenvalue weighted by atomic mass is 16.5. The molecular weight excluding hydrogens is 160 g/mol. The van der Waals surface area contributed by atoms with Gasteiger partial charge in [0.25, 0.3) is 0 Å². The van der Waals surface area contributed by atoms with E-state index in [0.717, 1.165) is 0 Å². The van der Waals surface area contributed by atoms with Gasteiger partial charge < -0.3 is 14.9 Å². The molecule has 0 heterocycles. The molecule has 4 heteroatoms. The number of methoxy groups -OCH3 is 1. The van der Waals surface area contributed by atoms with Crippen LogP contribution in [-0.4, -0.2) is 35.0 Å². The number of hydrogen-bond acceptors (Lipinski definition) is 3. The van der Waals surface area contributed by atoms with Crippen molar-refractivity contribution in [2.24, 2.45) is 5.92 Å². The molecule has 0 rings (SSSR count). The van der Waals surface area contributed by atoms with Crippen LogP contribution in [0, 0.1) is 5.92 Å². The van der Waals surface area contributed by atoms with Gasteiger partial charge in [0.15, 0.2) is 5.60 Å². The van der Waals surface area contributed by atoms with Crippen LogP contribution < -0.4 is 0 Å². The summed E-state index contributed by atoms with van der Waals surface area (Å²) in [6, 6.07) is 0. The highest BCUT2D eigenvalue weighted by Gasteiger charge is 2.45. The lowest BCUT2D eigenvalue weighted by Gasteiger charge is -2.32. The number of rotatable bonds is 4. The molecule has 12 heavy (non-hydrogen) atoms. The smallest absolute Gasteiger partial charge is 0.338 e. The first-order valence-corrected chi connectivity index (χ1v) is 3.85. The van der Waals surface area contributed by atoms with Crippen molar-refractivity contribution >= 4 is 5.97 Å². The summed E-state index contributed by atoms with van der Waals surface area (Å²) in [6.45, 7) is 4.82. The molecule has 0 aliphatic carbocycles. The maximum Gasteiger partial charge on any atom is 0.338 e. The minimum Gasteiger partial charge on any atom is -0.479 e. The molecule has 2 atom stereocenters. The van der Waals surface area contributed by atoms with Crippen LogP contribution in [0.5, 0.6) is 0 Å². The van der Waals surface area contributed by atoms with E-state index >= 15 is 0 Å². The number of aliphatic carboxylic acids is 1. The zero-order valence-electron chi connectivity index (χ0n) is 7.87. The van der Waals surface area contributed by atoms with Gasteiger partial charge in [-0.05, 0) is 12.8 Å². The molecule has 0 aliphatic rings. The van der Waals surface area contributed by atoms with E-state index in [4.69, 9.17) is 9.84 Å². The summed E-state index contributed by atoms with van der Waals surface area (Å²) in [6.07, 6.45) is -0.713. The second kappa shape index (κ2) is 3.87. The van der Waals surface area contributed by atoms with Crippen molar-refractivity contribution in [3.05, 3.63) is 0 Å². The summed E-state index contributed by atoms with van der Waals surface area (Å²) in [7, 11) is 1.38. The molecule has 0 bridgehead atoms. The van der Waals surface area contributed by atoms with E-state index in [1.54, 1.807) is 13.8 Å². The zero-order valence-corrected chi connectivity index (χ0v) is 7.87. The molecule has 0 radical (unpaired) electrons. The largest absolute Gasteiger partial charge is 0.479 e. The maximum atomic E-state index is 10.7. The van der Waals surface area contributed by atoms with Gasteiger partial charge >= 0.3 is 5.97 Å². The minimum atomic E-state index is -1.80. The van der Waals surface area contributed by atoms with Crippen molar-refractivity contribution in [2.75, 3.05) is 7.11 Å². The van der Waals surface area contributed by atoms with Crippen molar-refractivity contribution in [1.29, 1.82) is 0 Å². The van der Waals surface area contributed by atoms with E-state index in [0.29, 0.717) is 0 Å². The number of aliphatic hydroxyl groups is 1. The molecule has 0 spiro atoms. The molecule has 0 aromatic heterocycles. The minimum absolute atomic E-state index is 0.384. The van der Waals surface area contributed by atoms with Crippen molar-refractivity contribution < 1.29 is 19.7 Å². The lowest BCUT2D eigenvalue weighted by Crippen LogP contribution is -2.53. The van der Waals surface area contributed by atoms with Crippen LogP contribution >= 0.6 is 0 Å². The average Bonchev–Trinajstić information content (AvgIpc) is 2.00. The molecule has 0 aliphatic heterocycles. The van der Waals surface area contributed by atoms with Gasteiger partial charge in [0.2, 0.25) is 0 Å². The Morgan fingerprint density at radius 3 is 1.92 bits per heavy atom. The van der Waals surface area contributed by atoms with Crippen molar-refractivity contribution in [3.8, 4) is 0 Å². The fourth-order valence-electron chi connectivity index (χ4n) is 1.07. The van der Waals surface area contributed by atoms with E-state index in [1.165, 1.54) is 14.0 Å². The summed E-state index contributed by atoms with van der Waals surface area (Å²) in [5.41, 5.74) is -1.80. The molecular formula is C8H16O4. The first-order chi connectivity index (χ1) is 5.37. The second-order valence-electron chi connectivity index (χ2n) is 3.16. The highest BCUT2D eigenvalue weighted by molar-refractivity contribution is 5.78. The van der Waals surface area contributed by atoms with E-state index in [9.17, 15) is 9.90 Å². The SMILES string of the molecule is COC(C)C(O)(C(=O)O)C(C)C. The third kappa shape index (κ3) is 1.76. The van der Waals surface area contributed by atoms with Crippen LogP contribution in [0.1, 0.15) is 20.8 Å². The first kappa shape index (κ1) is 11.4. The topological polar surface area (TPSA) is 66.8 Å². The lowest BCUT2D eigenvalue weighted by atomic mass is 9.85. The molecule has 0 fully saturated rings. The van der Waals surface area contributed by atoms with Gasteiger partial charge in [0, 0.05) is 7.11 Å². The average molecular weight is 176 g/mol. The summed E-state index contributed by atoms with van der Waals surface area (Å²) < 4.78 is 4.81. The summed E-state index contributed by atoms with van der Waals surface area (Å²) in [5, 5.41) is 18.5. The van der Waals surface area contributed by atoms with Crippen molar-refractivity contribution in [2.45, 2.75) is 32.5 Å². The molecule has 0 aromatic rings. The Kier molecular flexibility index (Phi) is 3.67. The standard InChI is InChI=1S/C8H16O4/c1-5(2)8(11,7(9)10)6(3)12-4/h5-6,11H,1-4H3,(H,9,10). The normalized spacial score (nSPS) is 18.8. The third-order valence-electron chi connectivity index (χ3n) is 2.20. The summed E-state index contributed by atoms with van der Waals surface area (Å²) in [5.74, 6) is -1.63. The van der Waals surface area contributed by atoms with Gasteiger partial charge in [-0.2, -0.15) is 0 Å². The Morgan fingerprint density at radius 1 is 1.42 bits per heavy atom. The van der Waals surface area contributed by atoms with Gasteiger partial charge in [-0.15, -0.1) is 0 Å². The van der Waals surface area contributed by atoms with E-state index in [2.05, 4.69) is 0 Å². The predicted molar refractivity (Wildman–Crippen MR) is 43.9 cm³/mol. The molecule has 72 valence electrons. The fraction of sp³-hybridized carbons (Fsp3) is 0.875. The second-order valence-corrected chi connectivity index (χ2v) is 3.16. The molecule has 2 unspecified atom stereocenters. The Labute approximate surface area is 72.2 Å². The van der Waals surface area contributed by atoms with Crippen LogP contribution in [0.4, 0.5) is 0 Å². The van der Waals surface area contributed by atoms with Crippen molar-refractivity contribution in [1.82, 2.24) is 0 Å². The molecule has 0 saturated carbocycles. The van der Waals surface area contributed by atoms with E-state index in [1.807, 2.05) is 0 Å². The number of carboxylic acid groups (broad SMARTS) is 1. The van der Waals surface area contributed by atoms with Gasteiger partial charge in [0.1, 0.15) is 0 Å². The molecule has 4 nitrogen and oxygen atoms in total. The molecule has 2 N–H and O–H groups in total. The van der Waals surface area contributed by atoms with Crippen molar-refractivity contribution in [3.63, 3.8) is 0 Å². The number of carboxylic acids is 1. The van der Waals surface area contributed by atoms with Crippen LogP contribution in [0.2, 0.25) is 0 Å². The van der Waals surface area contributed by atoms with Gasteiger partial charge in [-0.25, -0.2) is 4.79 Å². The monoisotopic (exact) mass is 176 g/mol. The van der Waals surface area contributed by atoms with Gasteiger partial charge in [-0.1, -0.05) is 13.8 Å². The van der Waals surface area contributed by atoms with Crippen LogP contribution in [0.15, 0.2) is 0 Å². The Bertz CT molecular complexity index is 166. The highest BCUT2D eigenvalue weighted by Crippen LogP contribution is 2.23. The number of hydrogen-bond donors (Lipinski definition) is 2. The summed E-state index contributed by atoms with van der Waals surface area (Å²) in [4.78, 5) is 10.7. The first-order valence-electron chi connectivity index (χ1n) is 3.85. The Hall–Kier alpha value is -0.610. The van der Waals surface area contributed by atoms with E-state index < -0.39 is 17.7 Å². The van der Waals surface area contributed by atoms with E-state index in [-0.39, 0.29) is 5.92 Å². The van der Waals surface area contributed by atoms with Crippen LogP contribution in [-0.2, 0) is 9.53 Å². The number of ether oxygens (including phenoxy) is 1. The Balaban J connectivity index is 4.74. The molecule has 0 saturated heterocycles. The maximum absolute atomic E-state index is 10.7. The van der Waals surface area contributed by atoms with Crippen LogP contribution in [0.3, 0.4) is 0 Å². The third-order valence-corrected chi connectivity index (χ3v) is 2.20. The predicted octanol–water partition coefficient (Wildman–Crippen LogP) is 0.493. The molecule has 0 amide bonds.